The molecule has 1 saturated heterocycles. The predicted octanol–water partition coefficient (Wildman–Crippen LogP) is 0.711. The molecule has 0 amide bonds. The van der Waals surface area contributed by atoms with Gasteiger partial charge in [-0.05, 0) is 19.3 Å². The van der Waals surface area contributed by atoms with E-state index in [1.165, 1.54) is 13.4 Å². The summed E-state index contributed by atoms with van der Waals surface area (Å²) < 4.78 is 4.96. The number of hydrogen-bond acceptors (Lipinski definition) is 7. The van der Waals surface area contributed by atoms with E-state index in [1.807, 2.05) is 4.90 Å². The van der Waals surface area contributed by atoms with Crippen molar-refractivity contribution in [1.82, 2.24) is 9.97 Å². The van der Waals surface area contributed by atoms with Crippen molar-refractivity contribution in [1.29, 1.82) is 0 Å². The highest BCUT2D eigenvalue weighted by Gasteiger charge is 2.32. The lowest BCUT2D eigenvalue weighted by Crippen LogP contribution is -2.44. The fourth-order valence-electron chi connectivity index (χ4n) is 2.40. The number of nitrogens with zero attached hydrogens (tertiary/aromatic N) is 4. The van der Waals surface area contributed by atoms with Gasteiger partial charge in [-0.1, -0.05) is 0 Å². The Balaban J connectivity index is 2.45. The van der Waals surface area contributed by atoms with Crippen LogP contribution in [0.4, 0.5) is 11.5 Å². The molecule has 1 aromatic rings. The summed E-state index contributed by atoms with van der Waals surface area (Å²) in [6.07, 6.45) is 4.25. The summed E-state index contributed by atoms with van der Waals surface area (Å²) in [5, 5.41) is 11.2. The Kier molecular flexibility index (Phi) is 4.10. The Bertz CT molecular complexity index is 468. The zero-order valence-electron chi connectivity index (χ0n) is 10.8. The lowest BCUT2D eigenvalue weighted by atomic mass is 10.0. The van der Waals surface area contributed by atoms with Crippen molar-refractivity contribution in [2.24, 2.45) is 5.73 Å². The van der Waals surface area contributed by atoms with Crippen LogP contribution in [0.1, 0.15) is 19.3 Å². The van der Waals surface area contributed by atoms with Crippen molar-refractivity contribution >= 4 is 11.5 Å². The third-order valence-corrected chi connectivity index (χ3v) is 3.32. The average Bonchev–Trinajstić information content (AvgIpc) is 2.46. The number of nitrogens with two attached hydrogens (primary N) is 1. The maximum atomic E-state index is 11.2. The number of piperidine rings is 1. The molecule has 1 aliphatic rings. The summed E-state index contributed by atoms with van der Waals surface area (Å²) >= 11 is 0. The van der Waals surface area contributed by atoms with E-state index in [-0.39, 0.29) is 17.6 Å². The smallest absolute Gasteiger partial charge is 0.372 e. The topological polar surface area (TPSA) is 107 Å². The number of rotatable bonds is 4. The normalized spacial score (nSPS) is 19.3. The van der Waals surface area contributed by atoms with Crippen LogP contribution in [0.5, 0.6) is 5.88 Å². The molecule has 1 unspecified atom stereocenters. The van der Waals surface area contributed by atoms with Gasteiger partial charge in [0.1, 0.15) is 6.33 Å². The molecule has 2 rings (SSSR count). The van der Waals surface area contributed by atoms with Crippen LogP contribution < -0.4 is 15.4 Å². The van der Waals surface area contributed by atoms with Gasteiger partial charge >= 0.3 is 5.69 Å². The number of ether oxygens (including phenoxy) is 1. The van der Waals surface area contributed by atoms with Crippen molar-refractivity contribution in [3.05, 3.63) is 16.4 Å². The Morgan fingerprint density at radius 2 is 2.37 bits per heavy atom. The zero-order chi connectivity index (χ0) is 13.8. The van der Waals surface area contributed by atoms with Crippen molar-refractivity contribution < 1.29 is 9.66 Å². The van der Waals surface area contributed by atoms with Gasteiger partial charge in [-0.2, -0.15) is 4.98 Å². The van der Waals surface area contributed by atoms with Gasteiger partial charge in [0.05, 0.1) is 12.0 Å². The minimum Gasteiger partial charge on any atom is -0.476 e. The van der Waals surface area contributed by atoms with E-state index >= 15 is 0 Å². The quantitative estimate of drug-likeness (QED) is 0.632. The second-order valence-electron chi connectivity index (χ2n) is 4.39. The molecule has 104 valence electrons. The summed E-state index contributed by atoms with van der Waals surface area (Å²) in [7, 11) is 1.36. The molecule has 2 heterocycles. The van der Waals surface area contributed by atoms with Crippen molar-refractivity contribution in [2.75, 3.05) is 25.1 Å². The number of aromatic nitrogens is 2. The van der Waals surface area contributed by atoms with Gasteiger partial charge in [-0.15, -0.1) is 0 Å². The van der Waals surface area contributed by atoms with Gasteiger partial charge in [0, 0.05) is 19.1 Å². The van der Waals surface area contributed by atoms with Crippen LogP contribution in [0.3, 0.4) is 0 Å². The SMILES string of the molecule is COc1ncnc(N2CCCCC2CN)c1[N+](=O)[O-]. The molecule has 0 aliphatic carbocycles. The highest BCUT2D eigenvalue weighted by Crippen LogP contribution is 2.35. The maximum Gasteiger partial charge on any atom is 0.372 e. The van der Waals surface area contributed by atoms with Crippen LogP contribution in [0.25, 0.3) is 0 Å². The third-order valence-electron chi connectivity index (χ3n) is 3.32. The molecule has 0 spiro atoms. The molecule has 0 saturated carbocycles. The second-order valence-corrected chi connectivity index (χ2v) is 4.39. The summed E-state index contributed by atoms with van der Waals surface area (Å²) in [5.41, 5.74) is 5.55. The third kappa shape index (κ3) is 2.58. The molecule has 1 aromatic heterocycles. The van der Waals surface area contributed by atoms with E-state index in [0.717, 1.165) is 19.3 Å². The lowest BCUT2D eigenvalue weighted by Gasteiger charge is -2.35. The average molecular weight is 267 g/mol. The highest BCUT2D eigenvalue weighted by molar-refractivity contribution is 5.63. The maximum absolute atomic E-state index is 11.2. The molecular weight excluding hydrogens is 250 g/mol. The van der Waals surface area contributed by atoms with Crippen LogP contribution >= 0.6 is 0 Å². The lowest BCUT2D eigenvalue weighted by molar-refractivity contribution is -0.385. The van der Waals surface area contributed by atoms with Crippen LogP contribution in [-0.4, -0.2) is 41.1 Å². The predicted molar refractivity (Wildman–Crippen MR) is 69.3 cm³/mol. The number of nitro groups is 1. The summed E-state index contributed by atoms with van der Waals surface area (Å²) in [5.74, 6) is 0.281. The Labute approximate surface area is 110 Å². The molecule has 1 fully saturated rings. The highest BCUT2D eigenvalue weighted by atomic mass is 16.6. The van der Waals surface area contributed by atoms with E-state index in [0.29, 0.717) is 18.9 Å². The van der Waals surface area contributed by atoms with E-state index in [4.69, 9.17) is 10.5 Å². The molecule has 19 heavy (non-hydrogen) atoms. The number of anilines is 1. The Morgan fingerprint density at radius 1 is 1.58 bits per heavy atom. The van der Waals surface area contributed by atoms with E-state index < -0.39 is 4.92 Å². The van der Waals surface area contributed by atoms with Crippen LogP contribution in [0.15, 0.2) is 6.33 Å². The van der Waals surface area contributed by atoms with Crippen molar-refractivity contribution in [3.63, 3.8) is 0 Å². The number of hydrogen-bond donors (Lipinski definition) is 1. The first-order valence-electron chi connectivity index (χ1n) is 6.19. The second kappa shape index (κ2) is 5.79. The monoisotopic (exact) mass is 267 g/mol. The van der Waals surface area contributed by atoms with E-state index in [1.54, 1.807) is 0 Å². The zero-order valence-corrected chi connectivity index (χ0v) is 10.8. The minimum atomic E-state index is -0.504. The fraction of sp³-hybridized carbons (Fsp3) is 0.636. The Morgan fingerprint density at radius 3 is 3.00 bits per heavy atom. The molecule has 1 aliphatic heterocycles. The fourth-order valence-corrected chi connectivity index (χ4v) is 2.40. The molecule has 0 radical (unpaired) electrons. The molecule has 0 aromatic carbocycles. The van der Waals surface area contributed by atoms with Crippen LogP contribution in [0, 0.1) is 10.1 Å². The van der Waals surface area contributed by atoms with Crippen LogP contribution in [-0.2, 0) is 0 Å². The molecular formula is C11H17N5O3. The van der Waals surface area contributed by atoms with E-state index in [9.17, 15) is 10.1 Å². The van der Waals surface area contributed by atoms with Gasteiger partial charge in [0.2, 0.25) is 5.82 Å². The molecule has 8 heteroatoms. The van der Waals surface area contributed by atoms with Crippen LogP contribution in [0.2, 0.25) is 0 Å². The first-order valence-corrected chi connectivity index (χ1v) is 6.19. The summed E-state index contributed by atoms with van der Waals surface area (Å²) in [6.45, 7) is 1.16. The first kappa shape index (κ1) is 13.5. The molecule has 8 nitrogen and oxygen atoms in total. The number of methoxy groups -OCH3 is 1. The summed E-state index contributed by atoms with van der Waals surface area (Å²) in [6, 6.07) is 0.0760. The Hall–Kier alpha value is -1.96. The van der Waals surface area contributed by atoms with Crippen molar-refractivity contribution in [3.8, 4) is 5.88 Å². The standard InChI is InChI=1S/C11H17N5O3/c1-19-11-9(16(17)18)10(13-7-14-11)15-5-3-2-4-8(15)6-12/h7-8H,2-6,12H2,1H3. The van der Waals surface area contributed by atoms with E-state index in [2.05, 4.69) is 9.97 Å². The molecule has 2 N–H and O–H groups in total. The van der Waals surface area contributed by atoms with Gasteiger partial charge in [0.15, 0.2) is 0 Å². The van der Waals surface area contributed by atoms with Gasteiger partial charge in [0.25, 0.3) is 5.88 Å². The first-order chi connectivity index (χ1) is 9.19. The van der Waals surface area contributed by atoms with Gasteiger partial charge in [-0.3, -0.25) is 10.1 Å². The largest absolute Gasteiger partial charge is 0.476 e. The summed E-state index contributed by atoms with van der Waals surface area (Å²) in [4.78, 5) is 20.5. The molecule has 0 bridgehead atoms. The van der Waals surface area contributed by atoms with Gasteiger partial charge in [-0.25, -0.2) is 4.98 Å². The molecule has 1 atom stereocenters. The van der Waals surface area contributed by atoms with Crippen molar-refractivity contribution in [2.45, 2.75) is 25.3 Å². The van der Waals surface area contributed by atoms with Gasteiger partial charge < -0.3 is 15.4 Å². The minimum absolute atomic E-state index is 0.0173.